The summed E-state index contributed by atoms with van der Waals surface area (Å²) >= 11 is 0. The molecule has 0 saturated heterocycles. The van der Waals surface area contributed by atoms with Crippen LogP contribution < -0.4 is 0 Å². The molecule has 4 nitrogen and oxygen atoms in total. The third kappa shape index (κ3) is 2.00. The molecule has 4 heteroatoms. The molecule has 0 N–H and O–H groups in total. The van der Waals surface area contributed by atoms with Gasteiger partial charge in [0.15, 0.2) is 0 Å². The van der Waals surface area contributed by atoms with E-state index in [0.717, 1.165) is 16.8 Å². The molecule has 0 spiro atoms. The van der Waals surface area contributed by atoms with Crippen LogP contribution in [0.5, 0.6) is 0 Å². The molecule has 0 atom stereocenters. The SMILES string of the molecule is Cc1ccc(-c2nnc(-c3ccccc3)o2)cn1. The van der Waals surface area contributed by atoms with Crippen molar-refractivity contribution in [2.45, 2.75) is 6.92 Å². The van der Waals surface area contributed by atoms with Crippen LogP contribution in [0, 0.1) is 6.92 Å². The normalized spacial score (nSPS) is 10.5. The van der Waals surface area contributed by atoms with E-state index >= 15 is 0 Å². The van der Waals surface area contributed by atoms with Crippen LogP contribution in [0.4, 0.5) is 0 Å². The maximum atomic E-state index is 5.63. The maximum absolute atomic E-state index is 5.63. The molecule has 0 radical (unpaired) electrons. The van der Waals surface area contributed by atoms with Gasteiger partial charge in [0.1, 0.15) is 0 Å². The molecule has 0 aliphatic carbocycles. The molecule has 18 heavy (non-hydrogen) atoms. The highest BCUT2D eigenvalue weighted by atomic mass is 16.4. The van der Waals surface area contributed by atoms with Crippen LogP contribution in [0.25, 0.3) is 22.9 Å². The lowest BCUT2D eigenvalue weighted by atomic mass is 10.2. The Morgan fingerprint density at radius 2 is 1.56 bits per heavy atom. The molecule has 0 fully saturated rings. The van der Waals surface area contributed by atoms with Crippen LogP contribution in [-0.2, 0) is 0 Å². The summed E-state index contributed by atoms with van der Waals surface area (Å²) in [5, 5.41) is 8.08. The minimum absolute atomic E-state index is 0.487. The van der Waals surface area contributed by atoms with Gasteiger partial charge in [-0.25, -0.2) is 0 Å². The molecular weight excluding hydrogens is 226 g/mol. The van der Waals surface area contributed by atoms with Gasteiger partial charge in [-0.2, -0.15) is 0 Å². The molecule has 0 aliphatic rings. The molecule has 2 aromatic heterocycles. The summed E-state index contributed by atoms with van der Waals surface area (Å²) in [5.41, 5.74) is 2.70. The molecule has 1 aromatic carbocycles. The largest absolute Gasteiger partial charge is 0.416 e. The smallest absolute Gasteiger partial charge is 0.249 e. The van der Waals surface area contributed by atoms with E-state index in [2.05, 4.69) is 15.2 Å². The van der Waals surface area contributed by atoms with Crippen LogP contribution >= 0.6 is 0 Å². The van der Waals surface area contributed by atoms with Gasteiger partial charge in [-0.3, -0.25) is 4.98 Å². The predicted octanol–water partition coefficient (Wildman–Crippen LogP) is 3.11. The zero-order chi connectivity index (χ0) is 12.4. The average molecular weight is 237 g/mol. The first-order chi connectivity index (χ1) is 8.83. The Hall–Kier alpha value is -2.49. The third-order valence-corrected chi connectivity index (χ3v) is 2.60. The van der Waals surface area contributed by atoms with E-state index in [0.29, 0.717) is 11.8 Å². The van der Waals surface area contributed by atoms with Gasteiger partial charge in [-0.1, -0.05) is 18.2 Å². The molecule has 0 saturated carbocycles. The molecular formula is C14H11N3O. The highest BCUT2D eigenvalue weighted by Gasteiger charge is 2.09. The standard InChI is InChI=1S/C14H11N3O/c1-10-7-8-12(9-15-10)14-17-16-13(18-14)11-5-3-2-4-6-11/h2-9H,1H3. The number of hydrogen-bond acceptors (Lipinski definition) is 4. The molecule has 0 aliphatic heterocycles. The van der Waals surface area contributed by atoms with Crippen LogP contribution in [0.1, 0.15) is 5.69 Å². The topological polar surface area (TPSA) is 51.8 Å². The summed E-state index contributed by atoms with van der Waals surface area (Å²) in [6, 6.07) is 13.5. The number of benzene rings is 1. The second-order valence-corrected chi connectivity index (χ2v) is 3.97. The Bertz CT molecular complexity index is 644. The number of aryl methyl sites for hydroxylation is 1. The number of nitrogens with zero attached hydrogens (tertiary/aromatic N) is 3. The minimum Gasteiger partial charge on any atom is -0.416 e. The summed E-state index contributed by atoms with van der Waals surface area (Å²) in [7, 11) is 0. The molecule has 0 unspecified atom stereocenters. The zero-order valence-corrected chi connectivity index (χ0v) is 9.87. The van der Waals surface area contributed by atoms with Gasteiger partial charge in [-0.15, -0.1) is 10.2 Å². The van der Waals surface area contributed by atoms with Crippen LogP contribution in [-0.4, -0.2) is 15.2 Å². The quantitative estimate of drug-likeness (QED) is 0.687. The molecule has 88 valence electrons. The van der Waals surface area contributed by atoms with Gasteiger partial charge in [-0.05, 0) is 31.2 Å². The van der Waals surface area contributed by atoms with Crippen LogP contribution in [0.3, 0.4) is 0 Å². The minimum atomic E-state index is 0.487. The number of hydrogen-bond donors (Lipinski definition) is 0. The molecule has 0 bridgehead atoms. The van der Waals surface area contributed by atoms with Crippen molar-refractivity contribution in [2.75, 3.05) is 0 Å². The third-order valence-electron chi connectivity index (χ3n) is 2.60. The van der Waals surface area contributed by atoms with E-state index in [4.69, 9.17) is 4.42 Å². The summed E-state index contributed by atoms with van der Waals surface area (Å²) < 4.78 is 5.63. The van der Waals surface area contributed by atoms with Crippen molar-refractivity contribution in [1.29, 1.82) is 0 Å². The first-order valence-corrected chi connectivity index (χ1v) is 5.65. The van der Waals surface area contributed by atoms with Gasteiger partial charge >= 0.3 is 0 Å². The summed E-state index contributed by atoms with van der Waals surface area (Å²) in [6.45, 7) is 1.94. The van der Waals surface area contributed by atoms with Gasteiger partial charge in [0, 0.05) is 17.5 Å². The Labute approximate surface area is 104 Å². The van der Waals surface area contributed by atoms with Gasteiger partial charge in [0.05, 0.1) is 5.56 Å². The number of aromatic nitrogens is 3. The Morgan fingerprint density at radius 1 is 0.833 bits per heavy atom. The van der Waals surface area contributed by atoms with Crippen LogP contribution in [0.15, 0.2) is 53.1 Å². The second kappa shape index (κ2) is 4.41. The highest BCUT2D eigenvalue weighted by Crippen LogP contribution is 2.22. The van der Waals surface area contributed by atoms with Gasteiger partial charge in [0.2, 0.25) is 11.8 Å². The average Bonchev–Trinajstić information content (AvgIpc) is 2.90. The van der Waals surface area contributed by atoms with E-state index in [1.807, 2.05) is 49.4 Å². The number of rotatable bonds is 2. The maximum Gasteiger partial charge on any atom is 0.249 e. The van der Waals surface area contributed by atoms with Crippen molar-refractivity contribution in [3.05, 3.63) is 54.4 Å². The van der Waals surface area contributed by atoms with Gasteiger partial charge in [0.25, 0.3) is 0 Å². The fourth-order valence-electron chi connectivity index (χ4n) is 1.63. The lowest BCUT2D eigenvalue weighted by Gasteiger charge is -1.95. The first kappa shape index (κ1) is 10.7. The van der Waals surface area contributed by atoms with Crippen molar-refractivity contribution in [2.24, 2.45) is 0 Å². The lowest BCUT2D eigenvalue weighted by molar-refractivity contribution is 0.584. The second-order valence-electron chi connectivity index (χ2n) is 3.97. The lowest BCUT2D eigenvalue weighted by Crippen LogP contribution is -1.82. The fraction of sp³-hybridized carbons (Fsp3) is 0.0714. The summed E-state index contributed by atoms with van der Waals surface area (Å²) in [4.78, 5) is 4.21. The number of pyridine rings is 1. The molecule has 0 amide bonds. The van der Waals surface area contributed by atoms with Crippen molar-refractivity contribution in [3.63, 3.8) is 0 Å². The van der Waals surface area contributed by atoms with Crippen molar-refractivity contribution in [1.82, 2.24) is 15.2 Å². The van der Waals surface area contributed by atoms with E-state index in [1.54, 1.807) is 6.20 Å². The van der Waals surface area contributed by atoms with E-state index in [9.17, 15) is 0 Å². The highest BCUT2D eigenvalue weighted by molar-refractivity contribution is 5.56. The van der Waals surface area contributed by atoms with Crippen molar-refractivity contribution >= 4 is 0 Å². The van der Waals surface area contributed by atoms with E-state index in [1.165, 1.54) is 0 Å². The first-order valence-electron chi connectivity index (χ1n) is 5.65. The zero-order valence-electron chi connectivity index (χ0n) is 9.87. The molecule has 3 rings (SSSR count). The Balaban J connectivity index is 1.97. The van der Waals surface area contributed by atoms with Crippen molar-refractivity contribution in [3.8, 4) is 22.9 Å². The van der Waals surface area contributed by atoms with Crippen molar-refractivity contribution < 1.29 is 4.42 Å². The van der Waals surface area contributed by atoms with Gasteiger partial charge < -0.3 is 4.42 Å². The summed E-state index contributed by atoms with van der Waals surface area (Å²) in [5.74, 6) is 1.01. The molecule has 3 aromatic rings. The van der Waals surface area contributed by atoms with Crippen LogP contribution in [0.2, 0.25) is 0 Å². The Kier molecular flexibility index (Phi) is 2.61. The molecule has 2 heterocycles. The fourth-order valence-corrected chi connectivity index (χ4v) is 1.63. The summed E-state index contributed by atoms with van der Waals surface area (Å²) in [6.07, 6.45) is 1.73. The monoisotopic (exact) mass is 237 g/mol. The Morgan fingerprint density at radius 3 is 2.22 bits per heavy atom. The predicted molar refractivity (Wildman–Crippen MR) is 67.7 cm³/mol. The van der Waals surface area contributed by atoms with E-state index < -0.39 is 0 Å². The van der Waals surface area contributed by atoms with E-state index in [-0.39, 0.29) is 0 Å².